The molecule has 0 radical (unpaired) electrons. The van der Waals surface area contributed by atoms with Crippen molar-refractivity contribution in [3.05, 3.63) is 47.4 Å². The number of rotatable bonds is 19. The first kappa shape index (κ1) is 39.6. The van der Waals surface area contributed by atoms with E-state index in [1.807, 2.05) is 0 Å². The SMILES string of the molecule is CC[C@H](C)[C@H](NC(=O)[C@H](CCC(=O)O)NC(=O)[C@@H](NC(=O)OCc1ccccc1)C(C)C)C(=O)N[C@H](/C=C/S(C)(=O)=O)CC(=O)O. The fraction of sp³-hybridized carbons (Fsp3) is 0.533. The van der Waals surface area contributed by atoms with Gasteiger partial charge >= 0.3 is 18.0 Å². The average molecular weight is 669 g/mol. The molecule has 1 rings (SSSR count). The molecule has 0 aliphatic carbocycles. The highest BCUT2D eigenvalue weighted by molar-refractivity contribution is 7.93. The molecule has 15 nitrogen and oxygen atoms in total. The summed E-state index contributed by atoms with van der Waals surface area (Å²) in [5.74, 6) is -6.08. The Balaban J connectivity index is 3.14. The van der Waals surface area contributed by atoms with Gasteiger partial charge in [0.05, 0.1) is 12.5 Å². The second-order valence-corrected chi connectivity index (χ2v) is 13.1. The van der Waals surface area contributed by atoms with E-state index in [0.29, 0.717) is 12.0 Å². The van der Waals surface area contributed by atoms with Gasteiger partial charge in [-0.25, -0.2) is 13.2 Å². The summed E-state index contributed by atoms with van der Waals surface area (Å²) >= 11 is 0. The first-order chi connectivity index (χ1) is 21.4. The van der Waals surface area contributed by atoms with Crippen LogP contribution in [0.5, 0.6) is 0 Å². The molecule has 1 aromatic carbocycles. The molecular weight excluding hydrogens is 624 g/mol. The summed E-state index contributed by atoms with van der Waals surface area (Å²) in [4.78, 5) is 75.1. The molecular formula is C30H44N4O11S. The van der Waals surface area contributed by atoms with Crippen LogP contribution in [0.2, 0.25) is 0 Å². The number of carboxylic acid groups (broad SMARTS) is 2. The zero-order valence-electron chi connectivity index (χ0n) is 26.5. The van der Waals surface area contributed by atoms with Gasteiger partial charge in [-0.2, -0.15) is 0 Å². The molecule has 5 atom stereocenters. The maximum atomic E-state index is 13.4. The van der Waals surface area contributed by atoms with Crippen LogP contribution in [0.15, 0.2) is 41.8 Å². The Bertz CT molecular complexity index is 1350. The van der Waals surface area contributed by atoms with Gasteiger partial charge in [0.1, 0.15) is 24.7 Å². The van der Waals surface area contributed by atoms with E-state index in [-0.39, 0.29) is 13.0 Å². The maximum absolute atomic E-state index is 13.4. The zero-order valence-corrected chi connectivity index (χ0v) is 27.3. The third kappa shape index (κ3) is 15.5. The van der Waals surface area contributed by atoms with Gasteiger partial charge in [-0.15, -0.1) is 0 Å². The maximum Gasteiger partial charge on any atom is 0.408 e. The Labute approximate surface area is 268 Å². The van der Waals surface area contributed by atoms with Crippen molar-refractivity contribution >= 4 is 45.6 Å². The lowest BCUT2D eigenvalue weighted by molar-refractivity contribution is -0.139. The van der Waals surface area contributed by atoms with Crippen molar-refractivity contribution < 1.29 is 52.1 Å². The Morgan fingerprint density at radius 2 is 1.46 bits per heavy atom. The Morgan fingerprint density at radius 1 is 0.848 bits per heavy atom. The summed E-state index contributed by atoms with van der Waals surface area (Å²) in [5, 5.41) is 29.1. The van der Waals surface area contributed by atoms with Gasteiger partial charge in [-0.3, -0.25) is 24.0 Å². The highest BCUT2D eigenvalue weighted by atomic mass is 32.2. The van der Waals surface area contributed by atoms with Crippen molar-refractivity contribution in [1.29, 1.82) is 0 Å². The number of amides is 4. The summed E-state index contributed by atoms with van der Waals surface area (Å²) in [6.45, 7) is 6.59. The lowest BCUT2D eigenvalue weighted by Crippen LogP contribution is -2.59. The number of carbonyl (C=O) groups excluding carboxylic acids is 4. The Kier molecular flexibility index (Phi) is 16.5. The summed E-state index contributed by atoms with van der Waals surface area (Å²) < 4.78 is 28.3. The number of ether oxygens (including phenoxy) is 1. The molecule has 6 N–H and O–H groups in total. The lowest BCUT2D eigenvalue weighted by atomic mass is 9.96. The van der Waals surface area contributed by atoms with Crippen molar-refractivity contribution in [1.82, 2.24) is 21.3 Å². The van der Waals surface area contributed by atoms with Crippen LogP contribution in [-0.2, 0) is 45.2 Å². The molecule has 0 saturated heterocycles. The largest absolute Gasteiger partial charge is 0.481 e. The van der Waals surface area contributed by atoms with Gasteiger partial charge in [-0.05, 0) is 23.8 Å². The van der Waals surface area contributed by atoms with Crippen LogP contribution in [-0.4, -0.2) is 84.8 Å². The first-order valence-corrected chi connectivity index (χ1v) is 16.6. The number of hydrogen-bond donors (Lipinski definition) is 6. The number of hydrogen-bond acceptors (Lipinski definition) is 9. The van der Waals surface area contributed by atoms with E-state index in [4.69, 9.17) is 4.74 Å². The van der Waals surface area contributed by atoms with Crippen molar-refractivity contribution in [2.45, 2.75) is 84.2 Å². The number of nitrogens with one attached hydrogen (secondary N) is 4. The van der Waals surface area contributed by atoms with Crippen LogP contribution in [0.25, 0.3) is 0 Å². The van der Waals surface area contributed by atoms with Crippen molar-refractivity contribution in [2.24, 2.45) is 11.8 Å². The molecule has 16 heteroatoms. The fourth-order valence-electron chi connectivity index (χ4n) is 4.05. The van der Waals surface area contributed by atoms with E-state index in [2.05, 4.69) is 21.3 Å². The minimum Gasteiger partial charge on any atom is -0.481 e. The second-order valence-electron chi connectivity index (χ2n) is 11.2. The van der Waals surface area contributed by atoms with Crippen LogP contribution in [0, 0.1) is 11.8 Å². The van der Waals surface area contributed by atoms with Gasteiger partial charge < -0.3 is 36.2 Å². The van der Waals surface area contributed by atoms with E-state index in [0.717, 1.165) is 17.7 Å². The molecule has 0 aliphatic rings. The number of carbonyl (C=O) groups is 6. The molecule has 0 saturated carbocycles. The monoisotopic (exact) mass is 668 g/mol. The van der Waals surface area contributed by atoms with E-state index in [1.165, 1.54) is 0 Å². The van der Waals surface area contributed by atoms with Crippen molar-refractivity contribution in [3.63, 3.8) is 0 Å². The van der Waals surface area contributed by atoms with Gasteiger partial charge in [-0.1, -0.05) is 70.5 Å². The number of alkyl carbamates (subject to hydrolysis) is 1. The molecule has 0 fully saturated rings. The molecule has 46 heavy (non-hydrogen) atoms. The number of benzene rings is 1. The molecule has 0 spiro atoms. The quantitative estimate of drug-likeness (QED) is 0.123. The average Bonchev–Trinajstić information content (AvgIpc) is 2.97. The Morgan fingerprint density at radius 3 is 1.98 bits per heavy atom. The molecule has 0 unspecified atom stereocenters. The topological polar surface area (TPSA) is 234 Å². The third-order valence-corrected chi connectivity index (χ3v) is 7.44. The Hall–Kier alpha value is -4.47. The third-order valence-electron chi connectivity index (χ3n) is 6.79. The van der Waals surface area contributed by atoms with Crippen molar-refractivity contribution in [3.8, 4) is 0 Å². The molecule has 4 amide bonds. The van der Waals surface area contributed by atoms with Gasteiger partial charge in [0.25, 0.3) is 0 Å². The second kappa shape index (κ2) is 19.1. The number of sulfone groups is 1. The minimum atomic E-state index is -3.64. The van der Waals surface area contributed by atoms with E-state index in [1.54, 1.807) is 58.0 Å². The molecule has 0 aliphatic heterocycles. The standard InChI is InChI=1S/C30H44N4O11S/c1-6-19(4)26(29(41)31-21(16-24(37)38)14-15-46(5,43)44)33-27(39)22(12-13-23(35)36)32-28(40)25(18(2)3)34-30(42)45-17-20-10-8-7-9-11-20/h7-11,14-15,18-19,21-22,25-26H,6,12-13,16-17H2,1-5H3,(H,31,41)(H,32,40)(H,33,39)(H,34,42)(H,35,36)(H,37,38)/b15-14+/t19-,21+,22-,25-,26-/m0/s1. The van der Waals surface area contributed by atoms with Crippen LogP contribution in [0.4, 0.5) is 4.79 Å². The molecule has 0 heterocycles. The summed E-state index contributed by atoms with van der Waals surface area (Å²) in [6.07, 6.45) is -0.136. The van der Waals surface area contributed by atoms with Gasteiger partial charge in [0.2, 0.25) is 17.7 Å². The van der Waals surface area contributed by atoms with Crippen LogP contribution in [0.1, 0.15) is 58.9 Å². The fourth-order valence-corrected chi connectivity index (χ4v) is 4.52. The van der Waals surface area contributed by atoms with Crippen LogP contribution < -0.4 is 21.3 Å². The van der Waals surface area contributed by atoms with Gasteiger partial charge in [0.15, 0.2) is 9.84 Å². The molecule has 0 aromatic heterocycles. The first-order valence-electron chi connectivity index (χ1n) is 14.6. The smallest absolute Gasteiger partial charge is 0.408 e. The summed E-state index contributed by atoms with van der Waals surface area (Å²) in [5.41, 5.74) is 0.717. The number of aliphatic carboxylic acids is 2. The predicted octanol–water partition coefficient (Wildman–Crippen LogP) is 1.34. The van der Waals surface area contributed by atoms with Crippen LogP contribution >= 0.6 is 0 Å². The highest BCUT2D eigenvalue weighted by Gasteiger charge is 2.33. The van der Waals surface area contributed by atoms with E-state index in [9.17, 15) is 47.4 Å². The van der Waals surface area contributed by atoms with E-state index < -0.39 is 94.4 Å². The van der Waals surface area contributed by atoms with E-state index >= 15 is 0 Å². The van der Waals surface area contributed by atoms with Crippen molar-refractivity contribution in [2.75, 3.05) is 6.26 Å². The molecule has 256 valence electrons. The van der Waals surface area contributed by atoms with Gasteiger partial charge in [0, 0.05) is 18.1 Å². The zero-order chi connectivity index (χ0) is 35.0. The minimum absolute atomic E-state index is 0.0564. The summed E-state index contributed by atoms with van der Waals surface area (Å²) in [7, 11) is -3.64. The normalized spacial score (nSPS) is 14.7. The summed E-state index contributed by atoms with van der Waals surface area (Å²) in [6, 6.07) is 3.72. The lowest BCUT2D eigenvalue weighted by Gasteiger charge is -2.29. The van der Waals surface area contributed by atoms with Crippen LogP contribution in [0.3, 0.4) is 0 Å². The molecule has 0 bridgehead atoms. The molecule has 1 aromatic rings. The number of carboxylic acids is 2. The highest BCUT2D eigenvalue weighted by Crippen LogP contribution is 2.12. The predicted molar refractivity (Wildman–Crippen MR) is 167 cm³/mol.